The van der Waals surface area contributed by atoms with E-state index >= 15 is 0 Å². The lowest BCUT2D eigenvalue weighted by Gasteiger charge is -2.32. The number of carboxylic acids is 1. The van der Waals surface area contributed by atoms with Crippen molar-refractivity contribution in [2.45, 2.75) is 54.6 Å². The Hall–Kier alpha value is -2.13. The lowest BCUT2D eigenvalue weighted by molar-refractivity contribution is -0.149. The van der Waals surface area contributed by atoms with E-state index in [4.69, 9.17) is 16.2 Å². The maximum atomic E-state index is 13.4. The van der Waals surface area contributed by atoms with Crippen LogP contribution >= 0.6 is 11.8 Å². The van der Waals surface area contributed by atoms with E-state index in [0.29, 0.717) is 5.52 Å². The quantitative estimate of drug-likeness (QED) is 0.354. The molecule has 2 aromatic rings. The topological polar surface area (TPSA) is 183 Å². The van der Waals surface area contributed by atoms with Gasteiger partial charge in [-0.25, -0.2) is 28.5 Å². The van der Waals surface area contributed by atoms with Gasteiger partial charge in [0, 0.05) is 5.25 Å². The molecule has 0 aliphatic carbocycles. The number of anilines is 1. The molecule has 0 aromatic carbocycles. The first kappa shape index (κ1) is 22.6. The molecule has 1 aliphatic rings. The summed E-state index contributed by atoms with van der Waals surface area (Å²) in [4.78, 5) is 23.3. The number of aromatic nitrogens is 4. The molecular formula is C16H22F2N6O5S. The fourth-order valence-electron chi connectivity index (χ4n) is 3.49. The van der Waals surface area contributed by atoms with Crippen LogP contribution in [-0.4, -0.2) is 82.6 Å². The number of halogens is 2. The van der Waals surface area contributed by atoms with Gasteiger partial charge in [0.05, 0.1) is 12.4 Å². The monoisotopic (exact) mass is 448 g/mol. The third kappa shape index (κ3) is 3.69. The third-order valence-corrected chi connectivity index (χ3v) is 6.46. The van der Waals surface area contributed by atoms with Gasteiger partial charge in [-0.05, 0) is 19.1 Å². The molecule has 0 spiro atoms. The number of hydrogen-bond donors (Lipinski definition) is 5. The highest BCUT2D eigenvalue weighted by Gasteiger charge is 2.51. The van der Waals surface area contributed by atoms with Gasteiger partial charge in [-0.1, -0.05) is 0 Å². The van der Waals surface area contributed by atoms with E-state index in [2.05, 4.69) is 15.0 Å². The van der Waals surface area contributed by atoms with Gasteiger partial charge in [0.2, 0.25) is 0 Å². The number of fused-ring (bicyclic) bond motifs is 1. The van der Waals surface area contributed by atoms with Crippen LogP contribution in [0.25, 0.3) is 11.2 Å². The van der Waals surface area contributed by atoms with Crippen LogP contribution in [0.2, 0.25) is 0 Å². The highest BCUT2D eigenvalue weighted by atomic mass is 32.2. The summed E-state index contributed by atoms with van der Waals surface area (Å²) < 4.78 is 33.9. The number of hydrogen-bond acceptors (Lipinski definition) is 10. The average Bonchev–Trinajstić information content (AvgIpc) is 3.25. The smallest absolute Gasteiger partial charge is 0.330 e. The van der Waals surface area contributed by atoms with Crippen molar-refractivity contribution >= 4 is 34.7 Å². The molecule has 11 nitrogen and oxygen atoms in total. The molecule has 3 rings (SSSR count). The largest absolute Gasteiger partial charge is 0.480 e. The van der Waals surface area contributed by atoms with Gasteiger partial charge >= 0.3 is 5.97 Å². The summed E-state index contributed by atoms with van der Waals surface area (Å²) in [6.07, 6.45) is -4.10. The molecule has 0 saturated carbocycles. The van der Waals surface area contributed by atoms with Crippen LogP contribution in [0.4, 0.5) is 14.6 Å². The number of carboxylic acid groups (broad SMARTS) is 1. The first-order valence-electron chi connectivity index (χ1n) is 8.90. The summed E-state index contributed by atoms with van der Waals surface area (Å²) in [5, 5.41) is 28.9. The zero-order valence-electron chi connectivity index (χ0n) is 15.8. The Labute approximate surface area is 173 Å². The van der Waals surface area contributed by atoms with Crippen LogP contribution in [0.3, 0.4) is 0 Å². The van der Waals surface area contributed by atoms with Crippen molar-refractivity contribution in [3.63, 3.8) is 0 Å². The predicted octanol–water partition coefficient (Wildman–Crippen LogP) is -0.413. The van der Waals surface area contributed by atoms with Crippen molar-refractivity contribution < 1.29 is 33.6 Å². The number of carbonyl (C=O) groups is 1. The molecule has 0 amide bonds. The number of aliphatic hydroxyl groups excluding tert-OH is 2. The Balaban J connectivity index is 1.77. The standard InChI is InChI=1S/C16H22F2N6O5S/c1-30-7(16(20,14(17)18)15(27)28)3-2-6-9(25)10(26)13(29-6)24-5-23-8-11(19)21-4-22-12(8)24/h4-7,9-10,13-14,25-26H,2-3,20H2,1H3,(H,27,28)(H2,19,21,22)/t6-,7+,9-,10-,13-,16-/m1/s1. The molecule has 2 aromatic heterocycles. The molecular weight excluding hydrogens is 426 g/mol. The van der Waals surface area contributed by atoms with Gasteiger partial charge in [0.15, 0.2) is 23.2 Å². The van der Waals surface area contributed by atoms with Crippen LogP contribution in [-0.2, 0) is 9.53 Å². The van der Waals surface area contributed by atoms with E-state index in [0.717, 1.165) is 11.8 Å². The minimum atomic E-state index is -3.29. The SMILES string of the molecule is CS[C@@H](CC[C@H]1O[C@@H](n2cnc3c(N)ncnc32)[C@H](O)[C@@H]1O)[C@](N)(C(=O)O)C(F)F. The van der Waals surface area contributed by atoms with Crippen molar-refractivity contribution in [2.24, 2.45) is 5.73 Å². The summed E-state index contributed by atoms with van der Waals surface area (Å²) in [5.41, 5.74) is 9.07. The number of imidazole rings is 1. The lowest BCUT2D eigenvalue weighted by atomic mass is 9.91. The van der Waals surface area contributed by atoms with E-state index in [1.807, 2.05) is 0 Å². The number of alkyl halides is 2. The number of rotatable bonds is 8. The molecule has 7 N–H and O–H groups in total. The van der Waals surface area contributed by atoms with Crippen molar-refractivity contribution in [3.8, 4) is 0 Å². The van der Waals surface area contributed by atoms with E-state index in [1.165, 1.54) is 23.5 Å². The Morgan fingerprint density at radius 1 is 1.37 bits per heavy atom. The third-order valence-electron chi connectivity index (χ3n) is 5.26. The second-order valence-corrected chi connectivity index (χ2v) is 8.01. The van der Waals surface area contributed by atoms with Gasteiger partial charge in [-0.3, -0.25) is 4.57 Å². The summed E-state index contributed by atoms with van der Waals surface area (Å²) in [6, 6.07) is 0. The van der Waals surface area contributed by atoms with Crippen LogP contribution in [0.1, 0.15) is 19.1 Å². The molecule has 0 radical (unpaired) electrons. The number of nitrogen functional groups attached to an aromatic ring is 1. The number of ether oxygens (including phenoxy) is 1. The van der Waals surface area contributed by atoms with E-state index in [9.17, 15) is 28.9 Å². The van der Waals surface area contributed by atoms with Crippen molar-refractivity contribution in [3.05, 3.63) is 12.7 Å². The molecule has 30 heavy (non-hydrogen) atoms. The number of aliphatic hydroxyl groups is 2. The van der Waals surface area contributed by atoms with Crippen LogP contribution in [0, 0.1) is 0 Å². The van der Waals surface area contributed by atoms with Crippen molar-refractivity contribution in [1.82, 2.24) is 19.5 Å². The fraction of sp³-hybridized carbons (Fsp3) is 0.625. The Bertz CT molecular complexity index is 919. The maximum Gasteiger partial charge on any atom is 0.330 e. The van der Waals surface area contributed by atoms with Gasteiger partial charge in [0.1, 0.15) is 24.1 Å². The second-order valence-electron chi connectivity index (χ2n) is 6.97. The normalized spacial score (nSPS) is 27.4. The lowest BCUT2D eigenvalue weighted by Crippen LogP contribution is -2.61. The van der Waals surface area contributed by atoms with Gasteiger partial charge in [-0.2, -0.15) is 11.8 Å². The molecule has 0 unspecified atom stereocenters. The Kier molecular flexibility index (Phi) is 6.43. The van der Waals surface area contributed by atoms with Gasteiger partial charge in [-0.15, -0.1) is 0 Å². The zero-order chi connectivity index (χ0) is 22.2. The fourth-order valence-corrected chi connectivity index (χ4v) is 4.46. The molecule has 1 fully saturated rings. The Morgan fingerprint density at radius 3 is 2.67 bits per heavy atom. The predicted molar refractivity (Wildman–Crippen MR) is 103 cm³/mol. The number of thioether (sulfide) groups is 1. The second kappa shape index (κ2) is 8.55. The van der Waals surface area contributed by atoms with Crippen LogP contribution in [0.5, 0.6) is 0 Å². The molecule has 14 heteroatoms. The van der Waals surface area contributed by atoms with Crippen molar-refractivity contribution in [2.75, 3.05) is 12.0 Å². The van der Waals surface area contributed by atoms with Gasteiger partial charge < -0.3 is 31.5 Å². The number of aliphatic carboxylic acids is 1. The summed E-state index contributed by atoms with van der Waals surface area (Å²) in [7, 11) is 0. The first-order chi connectivity index (χ1) is 14.1. The molecule has 3 heterocycles. The number of nitrogens with zero attached hydrogens (tertiary/aromatic N) is 4. The van der Waals surface area contributed by atoms with Crippen LogP contribution in [0.15, 0.2) is 12.7 Å². The molecule has 0 bridgehead atoms. The maximum absolute atomic E-state index is 13.4. The Morgan fingerprint density at radius 2 is 2.07 bits per heavy atom. The summed E-state index contributed by atoms with van der Waals surface area (Å²) >= 11 is 0.889. The van der Waals surface area contributed by atoms with E-state index < -0.39 is 47.7 Å². The average molecular weight is 448 g/mol. The minimum Gasteiger partial charge on any atom is -0.480 e. The van der Waals surface area contributed by atoms with Crippen LogP contribution < -0.4 is 11.5 Å². The summed E-state index contributed by atoms with van der Waals surface area (Å²) in [6.45, 7) is 0. The highest BCUT2D eigenvalue weighted by Crippen LogP contribution is 2.36. The highest BCUT2D eigenvalue weighted by molar-refractivity contribution is 7.99. The minimum absolute atomic E-state index is 0.0110. The molecule has 1 saturated heterocycles. The van der Waals surface area contributed by atoms with Crippen molar-refractivity contribution in [1.29, 1.82) is 0 Å². The van der Waals surface area contributed by atoms with Gasteiger partial charge in [0.25, 0.3) is 6.43 Å². The summed E-state index contributed by atoms with van der Waals surface area (Å²) in [5.74, 6) is -1.68. The number of nitrogens with two attached hydrogens (primary N) is 2. The zero-order valence-corrected chi connectivity index (χ0v) is 16.6. The molecule has 166 valence electrons. The molecule has 1 aliphatic heterocycles. The first-order valence-corrected chi connectivity index (χ1v) is 10.2. The van der Waals surface area contributed by atoms with E-state index in [1.54, 1.807) is 0 Å². The molecule has 6 atom stereocenters. The van der Waals surface area contributed by atoms with E-state index in [-0.39, 0.29) is 24.3 Å².